The zero-order chi connectivity index (χ0) is 26.4. The average molecular weight is 488 g/mol. The molecule has 0 aliphatic heterocycles. The number of hydrogen-bond acceptors (Lipinski definition) is 8. The molecule has 0 aliphatic rings. The van der Waals surface area contributed by atoms with Crippen LogP contribution >= 0.6 is 0 Å². The van der Waals surface area contributed by atoms with Crippen molar-refractivity contribution in [1.29, 1.82) is 0 Å². The summed E-state index contributed by atoms with van der Waals surface area (Å²) in [5.41, 5.74) is 26.2. The standard InChI is InChI=1S/C18H33N9O7/c1-8(14(30)27-11(17(33)34)7-13(21)29)25-16(32)10(3-2-6-24-18(22)23)26-15(31)9(19)4-5-12(20)28/h8-11H,2-7,19H2,1H3,(H2,20,28)(H2,21,29)(H,25,32)(H,26,31)(H,27,30)(H,33,34)(H4,22,23,24). The van der Waals surface area contributed by atoms with Gasteiger partial charge in [-0.1, -0.05) is 0 Å². The molecule has 0 radical (unpaired) electrons. The van der Waals surface area contributed by atoms with Crippen molar-refractivity contribution < 1.29 is 33.9 Å². The number of rotatable bonds is 16. The zero-order valence-corrected chi connectivity index (χ0v) is 18.8. The molecule has 0 saturated carbocycles. The summed E-state index contributed by atoms with van der Waals surface area (Å²) in [6, 6.07) is -5.09. The molecule has 0 aromatic carbocycles. The number of nitrogens with one attached hydrogen (secondary N) is 3. The van der Waals surface area contributed by atoms with Gasteiger partial charge < -0.3 is 49.7 Å². The highest BCUT2D eigenvalue weighted by molar-refractivity contribution is 5.94. The SMILES string of the molecule is CC(NC(=O)C(CCCN=C(N)N)NC(=O)C(N)CCC(N)=O)C(=O)NC(CC(N)=O)C(=O)O. The van der Waals surface area contributed by atoms with E-state index < -0.39 is 66.1 Å². The first-order valence-electron chi connectivity index (χ1n) is 10.3. The fourth-order valence-corrected chi connectivity index (χ4v) is 2.56. The second-order valence-corrected chi connectivity index (χ2v) is 7.42. The van der Waals surface area contributed by atoms with Crippen LogP contribution in [0.2, 0.25) is 0 Å². The van der Waals surface area contributed by atoms with Gasteiger partial charge in [0.15, 0.2) is 5.96 Å². The molecule has 16 nitrogen and oxygen atoms in total. The Morgan fingerprint density at radius 3 is 1.91 bits per heavy atom. The van der Waals surface area contributed by atoms with Crippen LogP contribution in [0.1, 0.15) is 39.0 Å². The molecule has 0 aromatic heterocycles. The van der Waals surface area contributed by atoms with E-state index in [1.165, 1.54) is 6.92 Å². The molecule has 34 heavy (non-hydrogen) atoms. The molecule has 0 heterocycles. The van der Waals surface area contributed by atoms with Gasteiger partial charge in [-0.15, -0.1) is 0 Å². The van der Waals surface area contributed by atoms with Crippen molar-refractivity contribution in [2.24, 2.45) is 33.7 Å². The van der Waals surface area contributed by atoms with Crippen LogP contribution in [0.15, 0.2) is 4.99 Å². The number of carbonyl (C=O) groups is 6. The Hall–Kier alpha value is -3.95. The highest BCUT2D eigenvalue weighted by Crippen LogP contribution is 2.03. The van der Waals surface area contributed by atoms with Crippen LogP contribution in [-0.2, 0) is 28.8 Å². The third-order valence-corrected chi connectivity index (χ3v) is 4.39. The van der Waals surface area contributed by atoms with Gasteiger partial charge in [-0.2, -0.15) is 0 Å². The van der Waals surface area contributed by atoms with Gasteiger partial charge in [0.1, 0.15) is 18.1 Å². The van der Waals surface area contributed by atoms with E-state index in [-0.39, 0.29) is 38.2 Å². The smallest absolute Gasteiger partial charge is 0.326 e. The van der Waals surface area contributed by atoms with Gasteiger partial charge in [0.25, 0.3) is 0 Å². The molecule has 0 spiro atoms. The Morgan fingerprint density at radius 2 is 1.41 bits per heavy atom. The van der Waals surface area contributed by atoms with Crippen molar-refractivity contribution in [2.75, 3.05) is 6.54 Å². The molecule has 0 aromatic rings. The molecule has 0 aliphatic carbocycles. The highest BCUT2D eigenvalue weighted by atomic mass is 16.4. The number of guanidine groups is 1. The van der Waals surface area contributed by atoms with E-state index in [9.17, 15) is 28.8 Å². The summed E-state index contributed by atoms with van der Waals surface area (Å²) in [6.45, 7) is 1.42. The fraction of sp³-hybridized carbons (Fsp3) is 0.611. The van der Waals surface area contributed by atoms with E-state index >= 15 is 0 Å². The average Bonchev–Trinajstić information content (AvgIpc) is 2.72. The number of aliphatic imine (C=N–C) groups is 1. The summed E-state index contributed by atoms with van der Waals surface area (Å²) in [5, 5.41) is 16.0. The minimum atomic E-state index is -1.58. The van der Waals surface area contributed by atoms with Crippen molar-refractivity contribution in [1.82, 2.24) is 16.0 Å². The first-order chi connectivity index (χ1) is 15.7. The van der Waals surface area contributed by atoms with Gasteiger partial charge in [0.05, 0.1) is 12.5 Å². The molecule has 4 unspecified atom stereocenters. The zero-order valence-electron chi connectivity index (χ0n) is 18.8. The number of hydrogen-bond donors (Lipinski definition) is 9. The van der Waals surface area contributed by atoms with Gasteiger partial charge >= 0.3 is 5.97 Å². The summed E-state index contributed by atoms with van der Waals surface area (Å²) in [7, 11) is 0. The second-order valence-electron chi connectivity index (χ2n) is 7.42. The van der Waals surface area contributed by atoms with E-state index in [1.807, 2.05) is 0 Å². The van der Waals surface area contributed by atoms with Gasteiger partial charge in [-0.25, -0.2) is 4.79 Å². The molecule has 0 bridgehead atoms. The molecule has 14 N–H and O–H groups in total. The lowest BCUT2D eigenvalue weighted by Crippen LogP contribution is -2.56. The number of nitrogens with two attached hydrogens (primary N) is 5. The van der Waals surface area contributed by atoms with Crippen LogP contribution in [0.4, 0.5) is 0 Å². The molecule has 0 rings (SSSR count). The van der Waals surface area contributed by atoms with Gasteiger partial charge in [-0.05, 0) is 26.2 Å². The molecule has 0 saturated heterocycles. The van der Waals surface area contributed by atoms with Crippen LogP contribution < -0.4 is 44.6 Å². The Labute approximate surface area is 195 Å². The van der Waals surface area contributed by atoms with E-state index in [0.717, 1.165) is 0 Å². The first-order valence-corrected chi connectivity index (χ1v) is 10.3. The number of amides is 5. The number of nitrogens with zero attached hydrogens (tertiary/aromatic N) is 1. The Morgan fingerprint density at radius 1 is 0.824 bits per heavy atom. The predicted octanol–water partition coefficient (Wildman–Crippen LogP) is -4.93. The molecular weight excluding hydrogens is 454 g/mol. The lowest BCUT2D eigenvalue weighted by molar-refractivity contribution is -0.143. The maximum absolute atomic E-state index is 12.7. The van der Waals surface area contributed by atoms with E-state index in [2.05, 4.69) is 20.9 Å². The monoisotopic (exact) mass is 487 g/mol. The van der Waals surface area contributed by atoms with Gasteiger partial charge in [0, 0.05) is 13.0 Å². The van der Waals surface area contributed by atoms with Crippen molar-refractivity contribution >= 4 is 41.5 Å². The molecular formula is C18H33N9O7. The minimum Gasteiger partial charge on any atom is -0.480 e. The first kappa shape index (κ1) is 30.1. The number of carbonyl (C=O) groups excluding carboxylic acids is 5. The maximum Gasteiger partial charge on any atom is 0.326 e. The maximum atomic E-state index is 12.7. The topological polar surface area (TPSA) is 301 Å². The molecule has 192 valence electrons. The quantitative estimate of drug-likeness (QED) is 0.0567. The summed E-state index contributed by atoms with van der Waals surface area (Å²) in [6.07, 6.45) is -0.492. The predicted molar refractivity (Wildman–Crippen MR) is 119 cm³/mol. The molecule has 5 amide bonds. The largest absolute Gasteiger partial charge is 0.480 e. The Bertz CT molecular complexity index is 799. The van der Waals surface area contributed by atoms with Crippen molar-refractivity contribution in [3.8, 4) is 0 Å². The Kier molecular flexibility index (Phi) is 13.2. The van der Waals surface area contributed by atoms with Crippen molar-refractivity contribution in [3.63, 3.8) is 0 Å². The molecule has 16 heteroatoms. The van der Waals surface area contributed by atoms with Crippen LogP contribution in [0.3, 0.4) is 0 Å². The fourth-order valence-electron chi connectivity index (χ4n) is 2.56. The Balaban J connectivity index is 5.22. The third kappa shape index (κ3) is 12.8. The second kappa shape index (κ2) is 15.0. The summed E-state index contributed by atoms with van der Waals surface area (Å²) < 4.78 is 0. The normalized spacial score (nSPS) is 13.9. The summed E-state index contributed by atoms with van der Waals surface area (Å²) in [5.74, 6) is -5.64. The lowest BCUT2D eigenvalue weighted by Gasteiger charge is -2.23. The molecule has 4 atom stereocenters. The van der Waals surface area contributed by atoms with E-state index in [0.29, 0.717) is 0 Å². The third-order valence-electron chi connectivity index (χ3n) is 4.39. The summed E-state index contributed by atoms with van der Waals surface area (Å²) in [4.78, 5) is 74.1. The number of carboxylic acid groups (broad SMARTS) is 1. The van der Waals surface area contributed by atoms with Crippen LogP contribution in [0.25, 0.3) is 0 Å². The number of primary amides is 2. The van der Waals surface area contributed by atoms with Crippen molar-refractivity contribution in [3.05, 3.63) is 0 Å². The minimum absolute atomic E-state index is 0.0429. The number of carboxylic acids is 1. The summed E-state index contributed by atoms with van der Waals surface area (Å²) >= 11 is 0. The van der Waals surface area contributed by atoms with Crippen molar-refractivity contribution in [2.45, 2.75) is 63.2 Å². The van der Waals surface area contributed by atoms with Gasteiger partial charge in [0.2, 0.25) is 29.5 Å². The van der Waals surface area contributed by atoms with E-state index in [4.69, 9.17) is 33.8 Å². The lowest BCUT2D eigenvalue weighted by atomic mass is 10.1. The van der Waals surface area contributed by atoms with E-state index in [1.54, 1.807) is 0 Å². The van der Waals surface area contributed by atoms with Crippen LogP contribution in [0.5, 0.6) is 0 Å². The van der Waals surface area contributed by atoms with Crippen LogP contribution in [0, 0.1) is 0 Å². The highest BCUT2D eigenvalue weighted by Gasteiger charge is 2.28. The number of aliphatic carboxylic acids is 1. The molecule has 0 fully saturated rings. The van der Waals surface area contributed by atoms with Gasteiger partial charge in [-0.3, -0.25) is 29.0 Å². The van der Waals surface area contributed by atoms with Crippen LogP contribution in [-0.4, -0.2) is 77.3 Å².